The van der Waals surface area contributed by atoms with E-state index in [1.807, 2.05) is 0 Å². The van der Waals surface area contributed by atoms with Crippen LogP contribution in [0.2, 0.25) is 0 Å². The van der Waals surface area contributed by atoms with Gasteiger partial charge in [0.15, 0.2) is 5.13 Å². The van der Waals surface area contributed by atoms with Gasteiger partial charge in [-0.1, -0.05) is 11.3 Å². The van der Waals surface area contributed by atoms with Gasteiger partial charge in [0.2, 0.25) is 0 Å². The van der Waals surface area contributed by atoms with Crippen molar-refractivity contribution >= 4 is 28.3 Å². The summed E-state index contributed by atoms with van der Waals surface area (Å²) in [6.07, 6.45) is 3.72. The molecule has 2 amide bonds. The largest absolute Gasteiger partial charge is 0.371 e. The minimum Gasteiger partial charge on any atom is -0.371 e. The second-order valence-corrected chi connectivity index (χ2v) is 4.93. The number of rotatable bonds is 6. The third-order valence-corrected chi connectivity index (χ3v) is 3.21. The molecule has 1 aliphatic rings. The second-order valence-electron chi connectivity index (χ2n) is 3.90. The molecule has 17 heavy (non-hydrogen) atoms. The Balaban J connectivity index is 1.74. The minimum absolute atomic E-state index is 0.0159. The summed E-state index contributed by atoms with van der Waals surface area (Å²) in [5, 5.41) is 2.91. The van der Waals surface area contributed by atoms with Gasteiger partial charge in [-0.3, -0.25) is 14.9 Å². The number of carbonyl (C=O) groups excluding carboxylic acids is 2. The van der Waals surface area contributed by atoms with Gasteiger partial charge in [0.25, 0.3) is 11.8 Å². The number of primary amides is 1. The van der Waals surface area contributed by atoms with Crippen molar-refractivity contribution in [1.82, 2.24) is 4.98 Å². The summed E-state index contributed by atoms with van der Waals surface area (Å²) in [6, 6.07) is 0. The molecular formula is C10H13N3O3S. The predicted molar refractivity (Wildman–Crippen MR) is 62.8 cm³/mol. The van der Waals surface area contributed by atoms with E-state index in [0.29, 0.717) is 22.5 Å². The van der Waals surface area contributed by atoms with Crippen molar-refractivity contribution in [1.29, 1.82) is 0 Å². The smallest absolute Gasteiger partial charge is 0.260 e. The number of thiazole rings is 1. The molecule has 2 rings (SSSR count). The van der Waals surface area contributed by atoms with E-state index in [4.69, 9.17) is 10.5 Å². The molecule has 1 heterocycles. The van der Waals surface area contributed by atoms with Gasteiger partial charge in [-0.25, -0.2) is 4.98 Å². The van der Waals surface area contributed by atoms with Gasteiger partial charge in [0.1, 0.15) is 11.5 Å². The molecular weight excluding hydrogens is 242 g/mol. The third-order valence-electron chi connectivity index (χ3n) is 2.28. The van der Waals surface area contributed by atoms with Crippen LogP contribution >= 0.6 is 11.3 Å². The molecule has 1 aromatic heterocycles. The minimum atomic E-state index is -0.548. The molecule has 1 aliphatic carbocycles. The Hall–Kier alpha value is -1.47. The first-order valence-corrected chi connectivity index (χ1v) is 6.10. The van der Waals surface area contributed by atoms with Crippen LogP contribution in [0.3, 0.4) is 0 Å². The van der Waals surface area contributed by atoms with E-state index in [1.165, 1.54) is 19.0 Å². The summed E-state index contributed by atoms with van der Waals surface area (Å²) in [5.74, 6) is -0.187. The van der Waals surface area contributed by atoms with E-state index >= 15 is 0 Å². The summed E-state index contributed by atoms with van der Waals surface area (Å²) in [4.78, 5) is 26.4. The first-order chi connectivity index (χ1) is 8.15. The van der Waals surface area contributed by atoms with Crippen LogP contribution in [0.15, 0.2) is 6.20 Å². The van der Waals surface area contributed by atoms with Gasteiger partial charge in [0, 0.05) is 0 Å². The highest BCUT2D eigenvalue weighted by Gasteiger charge is 2.21. The van der Waals surface area contributed by atoms with Crippen LogP contribution in [-0.2, 0) is 9.53 Å². The molecule has 1 saturated carbocycles. The highest BCUT2D eigenvalue weighted by molar-refractivity contribution is 7.17. The molecule has 0 radical (unpaired) electrons. The van der Waals surface area contributed by atoms with Gasteiger partial charge in [0.05, 0.1) is 12.8 Å². The Morgan fingerprint density at radius 3 is 2.94 bits per heavy atom. The molecule has 0 unspecified atom stereocenters. The van der Waals surface area contributed by atoms with Gasteiger partial charge in [-0.15, -0.1) is 0 Å². The molecule has 7 heteroatoms. The fraction of sp³-hybridized carbons (Fsp3) is 0.500. The number of nitrogens with zero attached hydrogens (tertiary/aromatic N) is 1. The number of hydrogen-bond acceptors (Lipinski definition) is 5. The van der Waals surface area contributed by atoms with Crippen molar-refractivity contribution in [2.45, 2.75) is 12.8 Å². The zero-order valence-electron chi connectivity index (χ0n) is 9.14. The van der Waals surface area contributed by atoms with Gasteiger partial charge >= 0.3 is 0 Å². The van der Waals surface area contributed by atoms with E-state index < -0.39 is 5.91 Å². The fourth-order valence-corrected chi connectivity index (χ4v) is 1.89. The lowest BCUT2D eigenvalue weighted by atomic mass is 10.5. The molecule has 1 fully saturated rings. The maximum absolute atomic E-state index is 11.4. The van der Waals surface area contributed by atoms with Crippen LogP contribution in [0.25, 0.3) is 0 Å². The predicted octanol–water partition coefficient (Wildman–Crippen LogP) is 0.607. The average molecular weight is 255 g/mol. The number of carbonyl (C=O) groups is 2. The standard InChI is InChI=1S/C10H13N3O3S/c11-9(15)7-3-12-10(17-7)13-8(14)5-16-4-6-1-2-6/h3,6H,1-2,4-5H2,(H2,11,15)(H,12,13,14). The quantitative estimate of drug-likeness (QED) is 0.778. The normalized spacial score (nSPS) is 14.6. The number of hydrogen-bond donors (Lipinski definition) is 2. The molecule has 0 atom stereocenters. The summed E-state index contributed by atoms with van der Waals surface area (Å²) >= 11 is 1.05. The molecule has 0 saturated heterocycles. The second kappa shape index (κ2) is 5.24. The molecule has 3 N–H and O–H groups in total. The van der Waals surface area contributed by atoms with Crippen LogP contribution in [0.1, 0.15) is 22.5 Å². The van der Waals surface area contributed by atoms with Crippen LogP contribution in [0, 0.1) is 5.92 Å². The van der Waals surface area contributed by atoms with Gasteiger partial charge in [-0.05, 0) is 18.8 Å². The Bertz CT molecular complexity index is 428. The number of nitrogens with two attached hydrogens (primary N) is 1. The summed E-state index contributed by atoms with van der Waals surface area (Å²) in [7, 11) is 0. The fourth-order valence-electron chi connectivity index (χ4n) is 1.20. The Kier molecular flexibility index (Phi) is 3.70. The van der Waals surface area contributed by atoms with E-state index in [9.17, 15) is 9.59 Å². The van der Waals surface area contributed by atoms with Crippen molar-refractivity contribution < 1.29 is 14.3 Å². The molecule has 0 aromatic carbocycles. The number of anilines is 1. The lowest BCUT2D eigenvalue weighted by molar-refractivity contribution is -0.120. The highest BCUT2D eigenvalue weighted by Crippen LogP contribution is 2.28. The van der Waals surface area contributed by atoms with Gasteiger partial charge in [-0.2, -0.15) is 0 Å². The first-order valence-electron chi connectivity index (χ1n) is 5.28. The van der Waals surface area contributed by atoms with E-state index in [-0.39, 0.29) is 12.5 Å². The highest BCUT2D eigenvalue weighted by atomic mass is 32.1. The zero-order chi connectivity index (χ0) is 12.3. The van der Waals surface area contributed by atoms with Crippen LogP contribution < -0.4 is 11.1 Å². The Morgan fingerprint density at radius 2 is 2.35 bits per heavy atom. The molecule has 0 aliphatic heterocycles. The van der Waals surface area contributed by atoms with Crippen molar-refractivity contribution in [2.24, 2.45) is 11.7 Å². The van der Waals surface area contributed by atoms with Crippen molar-refractivity contribution in [3.63, 3.8) is 0 Å². The summed E-state index contributed by atoms with van der Waals surface area (Å²) in [6.45, 7) is 0.653. The van der Waals surface area contributed by atoms with Crippen molar-refractivity contribution in [3.05, 3.63) is 11.1 Å². The van der Waals surface area contributed by atoms with E-state index in [0.717, 1.165) is 11.3 Å². The van der Waals surface area contributed by atoms with Crippen molar-refractivity contribution in [3.8, 4) is 0 Å². The molecule has 1 aromatic rings. The molecule has 6 nitrogen and oxygen atoms in total. The number of ether oxygens (including phenoxy) is 1. The zero-order valence-corrected chi connectivity index (χ0v) is 9.96. The van der Waals surface area contributed by atoms with Crippen molar-refractivity contribution in [2.75, 3.05) is 18.5 Å². The first kappa shape index (κ1) is 12.0. The maximum Gasteiger partial charge on any atom is 0.260 e. The van der Waals surface area contributed by atoms with E-state index in [2.05, 4.69) is 10.3 Å². The number of amides is 2. The molecule has 0 bridgehead atoms. The topological polar surface area (TPSA) is 94.3 Å². The van der Waals surface area contributed by atoms with Crippen LogP contribution in [0.4, 0.5) is 5.13 Å². The van der Waals surface area contributed by atoms with Crippen LogP contribution in [0.5, 0.6) is 0 Å². The third kappa shape index (κ3) is 3.79. The summed E-state index contributed by atoms with van der Waals surface area (Å²) < 4.78 is 5.22. The molecule has 0 spiro atoms. The van der Waals surface area contributed by atoms with Crippen LogP contribution in [-0.4, -0.2) is 30.0 Å². The maximum atomic E-state index is 11.4. The lowest BCUT2D eigenvalue weighted by Gasteiger charge is -2.02. The SMILES string of the molecule is NC(=O)c1cnc(NC(=O)COCC2CC2)s1. The Morgan fingerprint density at radius 1 is 1.59 bits per heavy atom. The lowest BCUT2D eigenvalue weighted by Crippen LogP contribution is -2.18. The van der Waals surface area contributed by atoms with Gasteiger partial charge < -0.3 is 10.5 Å². The summed E-state index contributed by atoms with van der Waals surface area (Å²) in [5.41, 5.74) is 5.07. The molecule has 92 valence electrons. The Labute approximate surface area is 102 Å². The monoisotopic (exact) mass is 255 g/mol. The number of nitrogens with one attached hydrogen (secondary N) is 1. The average Bonchev–Trinajstić information content (AvgIpc) is 2.96. The van der Waals surface area contributed by atoms with E-state index in [1.54, 1.807) is 0 Å². The number of aromatic nitrogens is 1.